The number of anilines is 1. The molecule has 1 N–H and O–H groups in total. The van der Waals surface area contributed by atoms with Crippen molar-refractivity contribution in [3.8, 4) is 5.75 Å². The maximum atomic E-state index is 12.2. The third-order valence-electron chi connectivity index (χ3n) is 3.88. The molecule has 5 heteroatoms. The van der Waals surface area contributed by atoms with Gasteiger partial charge in [0, 0.05) is 5.69 Å². The minimum Gasteiger partial charge on any atom is -0.489 e. The highest BCUT2D eigenvalue weighted by atomic mass is 32.2. The molecule has 134 valence electrons. The van der Waals surface area contributed by atoms with Crippen LogP contribution in [0.5, 0.6) is 5.75 Å². The molecule has 0 saturated heterocycles. The van der Waals surface area contributed by atoms with E-state index in [0.717, 1.165) is 11.1 Å². The molecule has 0 aromatic heterocycles. The van der Waals surface area contributed by atoms with Crippen LogP contribution in [-0.4, -0.2) is 14.2 Å². The fourth-order valence-corrected chi connectivity index (χ4v) is 3.59. The number of hydrogen-bond donors (Lipinski definition) is 1. The van der Waals surface area contributed by atoms with Gasteiger partial charge in [-0.3, -0.25) is 4.72 Å². The van der Waals surface area contributed by atoms with E-state index in [1.807, 2.05) is 60.7 Å². The Balaban J connectivity index is 1.53. The fourth-order valence-electron chi connectivity index (χ4n) is 2.49. The molecule has 3 rings (SSSR count). The first-order valence-electron chi connectivity index (χ1n) is 8.42. The summed E-state index contributed by atoms with van der Waals surface area (Å²) in [5.41, 5.74) is 2.62. The second-order valence-corrected chi connectivity index (χ2v) is 7.80. The molecule has 0 aliphatic rings. The molecule has 3 aromatic rings. The molecule has 0 saturated carbocycles. The van der Waals surface area contributed by atoms with Gasteiger partial charge in [-0.25, -0.2) is 8.42 Å². The van der Waals surface area contributed by atoms with Crippen molar-refractivity contribution in [3.63, 3.8) is 0 Å². The summed E-state index contributed by atoms with van der Waals surface area (Å²) < 4.78 is 32.8. The van der Waals surface area contributed by atoms with Crippen LogP contribution in [0, 0.1) is 0 Å². The molecule has 3 aromatic carbocycles. The lowest BCUT2D eigenvalue weighted by Crippen LogP contribution is -2.18. The van der Waals surface area contributed by atoms with Gasteiger partial charge in [-0.05, 0) is 41.8 Å². The summed E-state index contributed by atoms with van der Waals surface area (Å²) in [4.78, 5) is 0. The summed E-state index contributed by atoms with van der Waals surface area (Å²) in [6, 6.07) is 26.4. The lowest BCUT2D eigenvalue weighted by molar-refractivity contribution is 0.306. The SMILES string of the molecule is O=S(=O)(CCc1ccccc1)Nc1ccc(OCc2ccccc2)cc1. The number of sulfonamides is 1. The lowest BCUT2D eigenvalue weighted by Gasteiger charge is -2.10. The second-order valence-electron chi connectivity index (χ2n) is 5.96. The van der Waals surface area contributed by atoms with E-state index in [9.17, 15) is 8.42 Å². The summed E-state index contributed by atoms with van der Waals surface area (Å²) in [6.07, 6.45) is 0.481. The van der Waals surface area contributed by atoms with Crippen molar-refractivity contribution in [1.82, 2.24) is 0 Å². The Morgan fingerprint density at radius 2 is 1.31 bits per heavy atom. The van der Waals surface area contributed by atoms with Crippen LogP contribution in [0.2, 0.25) is 0 Å². The first-order valence-corrected chi connectivity index (χ1v) is 10.1. The van der Waals surface area contributed by atoms with Crippen LogP contribution in [0.1, 0.15) is 11.1 Å². The van der Waals surface area contributed by atoms with Crippen LogP contribution >= 0.6 is 0 Å². The predicted molar refractivity (Wildman–Crippen MR) is 105 cm³/mol. The monoisotopic (exact) mass is 367 g/mol. The molecule has 26 heavy (non-hydrogen) atoms. The molecular weight excluding hydrogens is 346 g/mol. The van der Waals surface area contributed by atoms with Crippen LogP contribution in [0.3, 0.4) is 0 Å². The van der Waals surface area contributed by atoms with Crippen LogP contribution in [0.25, 0.3) is 0 Å². The molecule has 4 nitrogen and oxygen atoms in total. The topological polar surface area (TPSA) is 55.4 Å². The lowest BCUT2D eigenvalue weighted by atomic mass is 10.2. The van der Waals surface area contributed by atoms with Gasteiger partial charge in [0.2, 0.25) is 10.0 Å². The van der Waals surface area contributed by atoms with Crippen molar-refractivity contribution >= 4 is 15.7 Å². The maximum Gasteiger partial charge on any atom is 0.233 e. The van der Waals surface area contributed by atoms with Crippen LogP contribution in [0.15, 0.2) is 84.9 Å². The number of benzene rings is 3. The minimum atomic E-state index is -3.39. The molecule has 0 atom stereocenters. The highest BCUT2D eigenvalue weighted by molar-refractivity contribution is 7.92. The third-order valence-corrected chi connectivity index (χ3v) is 5.17. The molecule has 0 heterocycles. The summed E-state index contributed by atoms with van der Waals surface area (Å²) in [6.45, 7) is 0.475. The Morgan fingerprint density at radius 1 is 0.731 bits per heavy atom. The van der Waals surface area contributed by atoms with Gasteiger partial charge in [-0.2, -0.15) is 0 Å². The van der Waals surface area contributed by atoms with Gasteiger partial charge in [-0.15, -0.1) is 0 Å². The van der Waals surface area contributed by atoms with Crippen molar-refractivity contribution in [3.05, 3.63) is 96.1 Å². The number of aryl methyl sites for hydroxylation is 1. The third kappa shape index (κ3) is 5.63. The Kier molecular flexibility index (Phi) is 5.92. The number of nitrogens with one attached hydrogen (secondary N) is 1. The Morgan fingerprint density at radius 3 is 1.92 bits per heavy atom. The van der Waals surface area contributed by atoms with E-state index in [4.69, 9.17) is 4.74 Å². The summed E-state index contributed by atoms with van der Waals surface area (Å²) >= 11 is 0. The molecular formula is C21H21NO3S. The van der Waals surface area contributed by atoms with E-state index < -0.39 is 10.0 Å². The van der Waals surface area contributed by atoms with Gasteiger partial charge in [-0.1, -0.05) is 60.7 Å². The average molecular weight is 367 g/mol. The minimum absolute atomic E-state index is 0.0449. The van der Waals surface area contributed by atoms with E-state index in [-0.39, 0.29) is 5.75 Å². The quantitative estimate of drug-likeness (QED) is 0.647. The number of rotatable bonds is 8. The first kappa shape index (κ1) is 18.0. The maximum absolute atomic E-state index is 12.2. The highest BCUT2D eigenvalue weighted by Gasteiger charge is 2.10. The Hall–Kier alpha value is -2.79. The van der Waals surface area contributed by atoms with Crippen molar-refractivity contribution in [1.29, 1.82) is 0 Å². The number of ether oxygens (including phenoxy) is 1. The molecule has 0 spiro atoms. The summed E-state index contributed by atoms with van der Waals surface area (Å²) in [5, 5.41) is 0. The van der Waals surface area contributed by atoms with Gasteiger partial charge in [0.25, 0.3) is 0 Å². The van der Waals surface area contributed by atoms with E-state index >= 15 is 0 Å². The second kappa shape index (κ2) is 8.54. The molecule has 0 bridgehead atoms. The molecule has 0 aliphatic carbocycles. The Bertz CT molecular complexity index is 908. The number of hydrogen-bond acceptors (Lipinski definition) is 3. The van der Waals surface area contributed by atoms with E-state index in [1.165, 1.54) is 0 Å². The largest absolute Gasteiger partial charge is 0.489 e. The van der Waals surface area contributed by atoms with E-state index in [0.29, 0.717) is 24.5 Å². The van der Waals surface area contributed by atoms with Crippen LogP contribution in [-0.2, 0) is 23.1 Å². The zero-order valence-electron chi connectivity index (χ0n) is 14.3. The van der Waals surface area contributed by atoms with Gasteiger partial charge in [0.15, 0.2) is 0 Å². The summed E-state index contributed by atoms with van der Waals surface area (Å²) in [7, 11) is -3.39. The van der Waals surface area contributed by atoms with Gasteiger partial charge >= 0.3 is 0 Å². The first-order chi connectivity index (χ1) is 12.6. The normalized spacial score (nSPS) is 11.1. The Labute approximate surface area is 154 Å². The zero-order valence-corrected chi connectivity index (χ0v) is 15.2. The van der Waals surface area contributed by atoms with Crippen LogP contribution < -0.4 is 9.46 Å². The summed E-state index contributed by atoms with van der Waals surface area (Å²) in [5.74, 6) is 0.740. The molecule has 0 amide bonds. The van der Waals surface area contributed by atoms with Crippen molar-refractivity contribution < 1.29 is 13.2 Å². The predicted octanol–water partition coefficient (Wildman–Crippen LogP) is 4.25. The fraction of sp³-hybridized carbons (Fsp3) is 0.143. The molecule has 0 aliphatic heterocycles. The van der Waals surface area contributed by atoms with Crippen LogP contribution in [0.4, 0.5) is 5.69 Å². The molecule has 0 fully saturated rings. The van der Waals surface area contributed by atoms with Gasteiger partial charge in [0.05, 0.1) is 5.75 Å². The van der Waals surface area contributed by atoms with Crippen molar-refractivity contribution in [2.75, 3.05) is 10.5 Å². The highest BCUT2D eigenvalue weighted by Crippen LogP contribution is 2.18. The molecule has 0 unspecified atom stereocenters. The standard InChI is InChI=1S/C21H21NO3S/c23-26(24,16-15-18-7-3-1-4-8-18)22-20-11-13-21(14-12-20)25-17-19-9-5-2-6-10-19/h1-14,22H,15-17H2. The van der Waals surface area contributed by atoms with Gasteiger partial charge in [0.1, 0.15) is 12.4 Å². The van der Waals surface area contributed by atoms with E-state index in [1.54, 1.807) is 24.3 Å². The van der Waals surface area contributed by atoms with Crippen molar-refractivity contribution in [2.45, 2.75) is 13.0 Å². The zero-order chi connectivity index (χ0) is 18.2. The average Bonchev–Trinajstić information content (AvgIpc) is 2.67. The molecule has 0 radical (unpaired) electrons. The van der Waals surface area contributed by atoms with Crippen molar-refractivity contribution in [2.24, 2.45) is 0 Å². The van der Waals surface area contributed by atoms with Gasteiger partial charge < -0.3 is 4.74 Å². The van der Waals surface area contributed by atoms with E-state index in [2.05, 4.69) is 4.72 Å². The smallest absolute Gasteiger partial charge is 0.233 e.